The Labute approximate surface area is 252 Å². The zero-order valence-electron chi connectivity index (χ0n) is 22.9. The van der Waals surface area contributed by atoms with Crippen molar-refractivity contribution in [3.8, 4) is 11.5 Å². The molecule has 0 radical (unpaired) electrons. The van der Waals surface area contributed by atoms with Crippen LogP contribution in [0.5, 0.6) is 11.5 Å². The summed E-state index contributed by atoms with van der Waals surface area (Å²) < 4.78 is 23.4. The van der Waals surface area contributed by atoms with E-state index in [1.54, 1.807) is 50.5 Å². The number of carbonyl (C=O) groups excluding carboxylic acids is 2. The number of nitrogens with zero attached hydrogens (tertiary/aromatic N) is 2. The lowest BCUT2D eigenvalue weighted by atomic mass is 10.0. The Morgan fingerprint density at radius 3 is 1.48 bits per heavy atom. The number of ether oxygens (including phenoxy) is 4. The summed E-state index contributed by atoms with van der Waals surface area (Å²) in [4.78, 5) is 34.5. The molecule has 2 aliphatic rings. The number of hydrogen-bond donors (Lipinski definition) is 0. The molecular weight excluding hydrogens is 579 g/mol. The molecule has 2 aromatic carbocycles. The average Bonchev–Trinajstić information content (AvgIpc) is 3.61. The number of carbonyl (C=O) groups is 2. The van der Waals surface area contributed by atoms with Gasteiger partial charge >= 0.3 is 11.9 Å². The lowest BCUT2D eigenvalue weighted by Crippen LogP contribution is -2.16. The van der Waals surface area contributed by atoms with Gasteiger partial charge in [0.15, 0.2) is 11.5 Å². The van der Waals surface area contributed by atoms with Crippen molar-refractivity contribution in [2.24, 2.45) is 0 Å². The summed E-state index contributed by atoms with van der Waals surface area (Å²) in [6, 6.07) is 14.8. The van der Waals surface area contributed by atoms with Crippen molar-refractivity contribution < 1.29 is 28.5 Å². The van der Waals surface area contributed by atoms with Crippen LogP contribution in [-0.4, -0.2) is 21.9 Å². The van der Waals surface area contributed by atoms with Gasteiger partial charge in [-0.15, -0.1) is 0 Å². The van der Waals surface area contributed by atoms with Gasteiger partial charge in [-0.1, -0.05) is 47.5 Å². The van der Waals surface area contributed by atoms with Crippen LogP contribution in [0.25, 0.3) is 0 Å². The SMILES string of the molecule is Cc1ncc2c(c1OC(=O)CCC(=O)Oc1c(C)ncc3c1COC3c1ccc(Cl)cc1)COC2c1ccc(Cl)cc1. The fourth-order valence-corrected chi connectivity index (χ4v) is 5.45. The number of benzene rings is 2. The number of rotatable bonds is 7. The van der Waals surface area contributed by atoms with Crippen molar-refractivity contribution in [2.45, 2.75) is 52.1 Å². The third-order valence-corrected chi connectivity index (χ3v) is 7.87. The zero-order valence-corrected chi connectivity index (χ0v) is 24.4. The number of aryl methyl sites for hydroxylation is 2. The first kappa shape index (κ1) is 28.3. The average molecular weight is 605 g/mol. The molecule has 0 spiro atoms. The van der Waals surface area contributed by atoms with Gasteiger partial charge in [-0.2, -0.15) is 0 Å². The zero-order chi connectivity index (χ0) is 29.4. The van der Waals surface area contributed by atoms with Gasteiger partial charge < -0.3 is 18.9 Å². The maximum absolute atomic E-state index is 12.8. The highest BCUT2D eigenvalue weighted by molar-refractivity contribution is 6.30. The van der Waals surface area contributed by atoms with Crippen LogP contribution in [-0.2, 0) is 32.3 Å². The summed E-state index contributed by atoms with van der Waals surface area (Å²) in [6.45, 7) is 4.05. The second-order valence-corrected chi connectivity index (χ2v) is 11.0. The predicted octanol–water partition coefficient (Wildman–Crippen LogP) is 6.93. The molecule has 0 saturated heterocycles. The molecular formula is C32H26Cl2N2O6. The third-order valence-electron chi connectivity index (χ3n) is 7.36. The van der Waals surface area contributed by atoms with Crippen LogP contribution in [0, 0.1) is 13.8 Å². The maximum Gasteiger partial charge on any atom is 0.311 e. The van der Waals surface area contributed by atoms with Gasteiger partial charge in [0.25, 0.3) is 0 Å². The molecule has 0 N–H and O–H groups in total. The molecule has 6 rings (SSSR count). The smallest absolute Gasteiger partial charge is 0.311 e. The molecule has 4 aromatic rings. The fourth-order valence-electron chi connectivity index (χ4n) is 5.20. The number of esters is 2. The lowest BCUT2D eigenvalue weighted by molar-refractivity contribution is -0.140. The fraction of sp³-hybridized carbons (Fsp3) is 0.250. The monoisotopic (exact) mass is 604 g/mol. The Morgan fingerprint density at radius 2 is 1.10 bits per heavy atom. The van der Waals surface area contributed by atoms with Crippen LogP contribution in [0.4, 0.5) is 0 Å². The first-order chi connectivity index (χ1) is 20.3. The van der Waals surface area contributed by atoms with E-state index in [4.69, 9.17) is 42.1 Å². The largest absolute Gasteiger partial charge is 0.424 e. The molecule has 2 aliphatic heterocycles. The quantitative estimate of drug-likeness (QED) is 0.209. The minimum Gasteiger partial charge on any atom is -0.424 e. The van der Waals surface area contributed by atoms with Gasteiger partial charge in [0.05, 0.1) is 37.4 Å². The molecule has 0 fully saturated rings. The van der Waals surface area contributed by atoms with Crippen LogP contribution < -0.4 is 9.47 Å². The number of halogens is 2. The van der Waals surface area contributed by atoms with Crippen LogP contribution in [0.2, 0.25) is 10.0 Å². The maximum atomic E-state index is 12.8. The number of aromatic nitrogens is 2. The second-order valence-electron chi connectivity index (χ2n) is 10.1. The van der Waals surface area contributed by atoms with Gasteiger partial charge in [-0.05, 0) is 49.2 Å². The summed E-state index contributed by atoms with van der Waals surface area (Å²) in [7, 11) is 0. The number of hydrogen-bond acceptors (Lipinski definition) is 8. The van der Waals surface area contributed by atoms with Gasteiger partial charge in [0.2, 0.25) is 0 Å². The Morgan fingerprint density at radius 1 is 0.714 bits per heavy atom. The van der Waals surface area contributed by atoms with E-state index in [2.05, 4.69) is 9.97 Å². The van der Waals surface area contributed by atoms with Crippen LogP contribution in [0.1, 0.15) is 69.8 Å². The van der Waals surface area contributed by atoms with Gasteiger partial charge in [0, 0.05) is 44.7 Å². The lowest BCUT2D eigenvalue weighted by Gasteiger charge is -2.14. The van der Waals surface area contributed by atoms with Crippen molar-refractivity contribution in [1.29, 1.82) is 0 Å². The molecule has 4 heterocycles. The minimum absolute atomic E-state index is 0.172. The van der Waals surface area contributed by atoms with Gasteiger partial charge in [-0.25, -0.2) is 0 Å². The molecule has 2 atom stereocenters. The highest BCUT2D eigenvalue weighted by Crippen LogP contribution is 2.42. The van der Waals surface area contributed by atoms with E-state index in [0.29, 0.717) is 32.9 Å². The number of fused-ring (bicyclic) bond motifs is 2. The Hall–Kier alpha value is -3.82. The van der Waals surface area contributed by atoms with E-state index in [0.717, 1.165) is 33.4 Å². The normalized spacial score (nSPS) is 17.0. The van der Waals surface area contributed by atoms with Crippen molar-refractivity contribution in [1.82, 2.24) is 9.97 Å². The van der Waals surface area contributed by atoms with Gasteiger partial charge in [0.1, 0.15) is 12.2 Å². The molecule has 2 unspecified atom stereocenters. The molecule has 10 heteroatoms. The third kappa shape index (κ3) is 5.63. The molecule has 214 valence electrons. The second kappa shape index (κ2) is 11.8. The molecule has 0 saturated carbocycles. The molecule has 0 amide bonds. The summed E-state index contributed by atoms with van der Waals surface area (Å²) in [5.74, 6) is -0.429. The Kier molecular flexibility index (Phi) is 7.96. The van der Waals surface area contributed by atoms with Crippen molar-refractivity contribution in [3.05, 3.63) is 116 Å². The first-order valence-corrected chi connectivity index (χ1v) is 14.2. The topological polar surface area (TPSA) is 96.8 Å². The van der Waals surface area contributed by atoms with E-state index in [9.17, 15) is 9.59 Å². The minimum atomic E-state index is -0.570. The molecule has 42 heavy (non-hydrogen) atoms. The van der Waals surface area contributed by atoms with Crippen LogP contribution in [0.15, 0.2) is 60.9 Å². The van der Waals surface area contributed by atoms with Crippen LogP contribution in [0.3, 0.4) is 0 Å². The summed E-state index contributed by atoms with van der Waals surface area (Å²) in [5, 5.41) is 1.26. The standard InChI is InChI=1S/C32H26Cl2N2O6/c1-17-29(25-15-39-31(23(25)13-35-17)19-3-7-21(33)8-4-19)41-27(37)11-12-28(38)42-30-18(2)36-14-24-26(30)16-40-32(24)20-5-9-22(34)10-6-20/h3-10,13-14,31-32H,11-12,15-16H2,1-2H3. The highest BCUT2D eigenvalue weighted by Gasteiger charge is 2.32. The van der Waals surface area contributed by atoms with Crippen molar-refractivity contribution >= 4 is 35.1 Å². The molecule has 0 bridgehead atoms. The van der Waals surface area contributed by atoms with Crippen molar-refractivity contribution in [3.63, 3.8) is 0 Å². The highest BCUT2D eigenvalue weighted by atomic mass is 35.5. The predicted molar refractivity (Wildman–Crippen MR) is 155 cm³/mol. The molecule has 0 aliphatic carbocycles. The van der Waals surface area contributed by atoms with E-state index < -0.39 is 11.9 Å². The van der Waals surface area contributed by atoms with Crippen molar-refractivity contribution in [2.75, 3.05) is 0 Å². The van der Waals surface area contributed by atoms with Gasteiger partial charge in [-0.3, -0.25) is 19.6 Å². The van der Waals surface area contributed by atoms with E-state index >= 15 is 0 Å². The molecule has 2 aromatic heterocycles. The summed E-state index contributed by atoms with van der Waals surface area (Å²) in [5.41, 5.74) is 6.13. The summed E-state index contributed by atoms with van der Waals surface area (Å²) >= 11 is 12.1. The summed E-state index contributed by atoms with van der Waals surface area (Å²) in [6.07, 6.45) is 2.45. The van der Waals surface area contributed by atoms with E-state index in [-0.39, 0.29) is 38.3 Å². The van der Waals surface area contributed by atoms with E-state index in [1.807, 2.05) is 24.3 Å². The Balaban J connectivity index is 1.11. The van der Waals surface area contributed by atoms with E-state index in [1.165, 1.54) is 0 Å². The number of pyridine rings is 2. The van der Waals surface area contributed by atoms with Crippen LogP contribution >= 0.6 is 23.2 Å². The first-order valence-electron chi connectivity index (χ1n) is 13.4. The molecule has 8 nitrogen and oxygen atoms in total. The Bertz CT molecular complexity index is 1550.